The van der Waals surface area contributed by atoms with Crippen molar-refractivity contribution in [1.82, 2.24) is 25.0 Å². The SMILES string of the molecule is Cc1[nH]nc2ncc(NC(=O)c3cnn(C(C)(C)C)c3)cc12. The number of carbonyl (C=O) groups is 1. The first-order chi connectivity index (χ1) is 10.3. The van der Waals surface area contributed by atoms with Crippen LogP contribution in [-0.2, 0) is 5.54 Å². The average Bonchev–Trinajstić information content (AvgIpc) is 3.06. The van der Waals surface area contributed by atoms with Crippen molar-refractivity contribution in [2.75, 3.05) is 5.32 Å². The third kappa shape index (κ3) is 2.57. The van der Waals surface area contributed by atoms with E-state index >= 15 is 0 Å². The summed E-state index contributed by atoms with van der Waals surface area (Å²) in [5.41, 5.74) is 2.53. The third-order valence-electron chi connectivity index (χ3n) is 3.39. The first-order valence-electron chi connectivity index (χ1n) is 7.02. The molecule has 0 bridgehead atoms. The number of anilines is 1. The molecule has 0 saturated heterocycles. The largest absolute Gasteiger partial charge is 0.320 e. The molecule has 0 aliphatic carbocycles. The molecular weight excluding hydrogens is 280 g/mol. The van der Waals surface area contributed by atoms with Gasteiger partial charge in [-0.3, -0.25) is 14.6 Å². The number of aryl methyl sites for hydroxylation is 1. The minimum atomic E-state index is -0.210. The van der Waals surface area contributed by atoms with Crippen LogP contribution in [0.2, 0.25) is 0 Å². The summed E-state index contributed by atoms with van der Waals surface area (Å²) in [4.78, 5) is 16.5. The van der Waals surface area contributed by atoms with Gasteiger partial charge in [0.1, 0.15) is 0 Å². The molecule has 1 amide bonds. The van der Waals surface area contributed by atoms with E-state index in [-0.39, 0.29) is 11.4 Å². The van der Waals surface area contributed by atoms with E-state index in [1.165, 1.54) is 0 Å². The van der Waals surface area contributed by atoms with Crippen LogP contribution in [0.4, 0.5) is 5.69 Å². The Balaban J connectivity index is 1.83. The van der Waals surface area contributed by atoms with Crippen LogP contribution in [0.1, 0.15) is 36.8 Å². The monoisotopic (exact) mass is 298 g/mol. The molecule has 3 aromatic rings. The van der Waals surface area contributed by atoms with Gasteiger partial charge in [0.15, 0.2) is 5.65 Å². The van der Waals surface area contributed by atoms with E-state index in [2.05, 4.69) is 25.6 Å². The molecule has 7 heteroatoms. The lowest BCUT2D eigenvalue weighted by molar-refractivity contribution is 0.102. The second-order valence-electron chi connectivity index (χ2n) is 6.24. The van der Waals surface area contributed by atoms with E-state index in [4.69, 9.17) is 0 Å². The summed E-state index contributed by atoms with van der Waals surface area (Å²) in [5.74, 6) is -0.210. The number of nitrogens with one attached hydrogen (secondary N) is 2. The van der Waals surface area contributed by atoms with Gasteiger partial charge in [0.05, 0.1) is 29.2 Å². The Hall–Kier alpha value is -2.70. The summed E-state index contributed by atoms with van der Waals surface area (Å²) >= 11 is 0. The number of carbonyl (C=O) groups excluding carboxylic acids is 1. The van der Waals surface area contributed by atoms with E-state index in [1.54, 1.807) is 23.3 Å². The summed E-state index contributed by atoms with van der Waals surface area (Å²) in [6, 6.07) is 1.85. The normalized spacial score (nSPS) is 11.8. The van der Waals surface area contributed by atoms with E-state index < -0.39 is 0 Å². The number of pyridine rings is 1. The molecule has 0 fully saturated rings. The Morgan fingerprint density at radius 2 is 2.09 bits per heavy atom. The molecule has 0 saturated carbocycles. The van der Waals surface area contributed by atoms with Gasteiger partial charge in [0.2, 0.25) is 0 Å². The summed E-state index contributed by atoms with van der Waals surface area (Å²) in [7, 11) is 0. The molecule has 3 rings (SSSR count). The molecule has 114 valence electrons. The Labute approximate surface area is 127 Å². The predicted octanol–water partition coefficient (Wildman–Crippen LogP) is 2.47. The van der Waals surface area contributed by atoms with Crippen molar-refractivity contribution in [3.8, 4) is 0 Å². The highest BCUT2D eigenvalue weighted by Gasteiger charge is 2.17. The standard InChI is InChI=1S/C15H18N6O/c1-9-12-5-11(7-16-13(12)20-19-9)18-14(22)10-6-17-21(8-10)15(2,3)4/h5-8H,1-4H3,(H,18,22)(H,16,19,20). The lowest BCUT2D eigenvalue weighted by Gasteiger charge is -2.18. The molecule has 0 unspecified atom stereocenters. The van der Waals surface area contributed by atoms with E-state index in [0.29, 0.717) is 16.9 Å². The first-order valence-corrected chi connectivity index (χ1v) is 7.02. The van der Waals surface area contributed by atoms with Gasteiger partial charge in [-0.1, -0.05) is 0 Å². The van der Waals surface area contributed by atoms with Crippen molar-refractivity contribution in [2.45, 2.75) is 33.2 Å². The van der Waals surface area contributed by atoms with Crippen LogP contribution in [-0.4, -0.2) is 30.9 Å². The van der Waals surface area contributed by atoms with E-state index in [1.807, 2.05) is 33.8 Å². The molecular formula is C15H18N6O. The lowest BCUT2D eigenvalue weighted by atomic mass is 10.1. The molecule has 3 heterocycles. The van der Waals surface area contributed by atoms with Crippen LogP contribution in [0.3, 0.4) is 0 Å². The van der Waals surface area contributed by atoms with Gasteiger partial charge in [-0.25, -0.2) is 4.98 Å². The number of hydrogen-bond donors (Lipinski definition) is 2. The van der Waals surface area contributed by atoms with Gasteiger partial charge < -0.3 is 5.32 Å². The summed E-state index contributed by atoms with van der Waals surface area (Å²) in [5, 5.41) is 14.9. The minimum absolute atomic E-state index is 0.160. The maximum absolute atomic E-state index is 12.3. The third-order valence-corrected chi connectivity index (χ3v) is 3.39. The number of rotatable bonds is 2. The molecule has 0 atom stereocenters. The van der Waals surface area contributed by atoms with Gasteiger partial charge in [-0.2, -0.15) is 10.2 Å². The molecule has 0 aliphatic rings. The number of nitrogens with zero attached hydrogens (tertiary/aromatic N) is 4. The quantitative estimate of drug-likeness (QED) is 0.760. The van der Waals surface area contributed by atoms with Crippen molar-refractivity contribution in [3.63, 3.8) is 0 Å². The zero-order chi connectivity index (χ0) is 15.9. The predicted molar refractivity (Wildman–Crippen MR) is 83.8 cm³/mol. The van der Waals surface area contributed by atoms with Crippen LogP contribution in [0.25, 0.3) is 11.0 Å². The second kappa shape index (κ2) is 4.94. The molecule has 2 N–H and O–H groups in total. The molecule has 22 heavy (non-hydrogen) atoms. The van der Waals surface area contributed by atoms with Crippen molar-refractivity contribution in [1.29, 1.82) is 0 Å². The number of amides is 1. The number of H-pyrrole nitrogens is 1. The van der Waals surface area contributed by atoms with Gasteiger partial charge in [0, 0.05) is 17.3 Å². The molecule has 3 aromatic heterocycles. The summed E-state index contributed by atoms with van der Waals surface area (Å²) in [6.45, 7) is 8.00. The van der Waals surface area contributed by atoms with Crippen molar-refractivity contribution in [2.24, 2.45) is 0 Å². The highest BCUT2D eigenvalue weighted by atomic mass is 16.1. The van der Waals surface area contributed by atoms with Gasteiger partial charge in [0.25, 0.3) is 5.91 Å². The van der Waals surface area contributed by atoms with Gasteiger partial charge >= 0.3 is 0 Å². The topological polar surface area (TPSA) is 88.5 Å². The number of aromatic nitrogens is 5. The molecule has 7 nitrogen and oxygen atoms in total. The summed E-state index contributed by atoms with van der Waals surface area (Å²) in [6.07, 6.45) is 4.90. The highest BCUT2D eigenvalue weighted by molar-refractivity contribution is 6.04. The Morgan fingerprint density at radius 1 is 1.32 bits per heavy atom. The Morgan fingerprint density at radius 3 is 2.77 bits per heavy atom. The fourth-order valence-corrected chi connectivity index (χ4v) is 2.10. The first kappa shape index (κ1) is 14.2. The molecule has 0 aliphatic heterocycles. The zero-order valence-electron chi connectivity index (χ0n) is 13.0. The Kier molecular flexibility index (Phi) is 3.20. The smallest absolute Gasteiger partial charge is 0.258 e. The van der Waals surface area contributed by atoms with Gasteiger partial charge in [-0.15, -0.1) is 0 Å². The van der Waals surface area contributed by atoms with Crippen molar-refractivity contribution < 1.29 is 4.79 Å². The highest BCUT2D eigenvalue weighted by Crippen LogP contribution is 2.19. The van der Waals surface area contributed by atoms with Crippen molar-refractivity contribution >= 4 is 22.6 Å². The maximum Gasteiger partial charge on any atom is 0.258 e. The van der Waals surface area contributed by atoms with Crippen molar-refractivity contribution in [3.05, 3.63) is 35.9 Å². The van der Waals surface area contributed by atoms with Crippen LogP contribution < -0.4 is 5.32 Å². The fraction of sp³-hybridized carbons (Fsp3) is 0.333. The average molecular weight is 298 g/mol. The maximum atomic E-state index is 12.3. The van der Waals surface area contributed by atoms with Crippen LogP contribution >= 0.6 is 0 Å². The van der Waals surface area contributed by atoms with Crippen LogP contribution in [0, 0.1) is 6.92 Å². The van der Waals surface area contributed by atoms with Gasteiger partial charge in [-0.05, 0) is 33.8 Å². The number of hydrogen-bond acceptors (Lipinski definition) is 4. The lowest BCUT2D eigenvalue weighted by Crippen LogP contribution is -2.22. The fourth-order valence-electron chi connectivity index (χ4n) is 2.10. The number of aromatic amines is 1. The van der Waals surface area contributed by atoms with Crippen LogP contribution in [0.5, 0.6) is 0 Å². The zero-order valence-corrected chi connectivity index (χ0v) is 13.0. The number of fused-ring (bicyclic) bond motifs is 1. The molecule has 0 radical (unpaired) electrons. The summed E-state index contributed by atoms with van der Waals surface area (Å²) < 4.78 is 1.77. The molecule has 0 spiro atoms. The van der Waals surface area contributed by atoms with Crippen LogP contribution in [0.15, 0.2) is 24.7 Å². The molecule has 0 aromatic carbocycles. The van der Waals surface area contributed by atoms with E-state index in [9.17, 15) is 4.79 Å². The second-order valence-corrected chi connectivity index (χ2v) is 6.24. The van der Waals surface area contributed by atoms with E-state index in [0.717, 1.165) is 11.1 Å². The minimum Gasteiger partial charge on any atom is -0.320 e. The Bertz CT molecular complexity index is 839.